The zero-order valence-electron chi connectivity index (χ0n) is 25.5. The molecule has 0 aliphatic heterocycles. The van der Waals surface area contributed by atoms with Crippen LogP contribution in [-0.2, 0) is 11.2 Å². The molecule has 0 heterocycles. The highest BCUT2D eigenvalue weighted by molar-refractivity contribution is 5.83. The molecule has 0 bridgehead atoms. The Balaban J connectivity index is 0.984. The van der Waals surface area contributed by atoms with E-state index in [9.17, 15) is 10.2 Å². The van der Waals surface area contributed by atoms with Gasteiger partial charge in [0, 0.05) is 23.0 Å². The summed E-state index contributed by atoms with van der Waals surface area (Å²) < 4.78 is 0. The molecule has 5 aromatic carbocycles. The molecule has 4 aliphatic rings. The number of allylic oxidation sites excluding steroid dienone is 6. The molecule has 0 fully saturated rings. The van der Waals surface area contributed by atoms with E-state index in [2.05, 4.69) is 127 Å². The molecule has 0 radical (unpaired) electrons. The number of rotatable bonds is 4. The minimum Gasteiger partial charge on any atom is -0.380 e. The summed E-state index contributed by atoms with van der Waals surface area (Å²) in [4.78, 5) is 0. The van der Waals surface area contributed by atoms with E-state index in [0.29, 0.717) is 0 Å². The summed E-state index contributed by atoms with van der Waals surface area (Å²) in [5.41, 5.74) is 11.0. The number of aliphatic hydroxyl groups is 2. The quantitative estimate of drug-likeness (QED) is 0.218. The molecule has 3 unspecified atom stereocenters. The van der Waals surface area contributed by atoms with Crippen LogP contribution >= 0.6 is 0 Å². The minimum absolute atomic E-state index is 0.0164. The standard InChI is InChI=1S/C44H34O2/c45-43(39-13-5-1-9-35(39)36-10-2-6-14-40(36)43)33-25-21-31(22-26-33)29-17-19-30(20-18-29)32-23-27-34(28-24-32)44(46)41-15-7-3-11-37(41)38-12-4-8-16-42(38)44/h1-23,25-27,35,39,45-46H,24,28H2. The molecule has 0 aromatic heterocycles. The van der Waals surface area contributed by atoms with Crippen LogP contribution in [0.4, 0.5) is 0 Å². The highest BCUT2D eigenvalue weighted by Gasteiger charge is 2.50. The Kier molecular flexibility index (Phi) is 6.08. The molecule has 2 N–H and O–H groups in total. The maximum absolute atomic E-state index is 12.2. The SMILES string of the molecule is OC1(C2=CC=C(c3ccc(-c4ccc(C5(O)c6ccccc6C6C=CC=CC65)cc4)cc3)CC2)c2ccccc2-c2ccccc21. The van der Waals surface area contributed by atoms with Crippen LogP contribution in [0.2, 0.25) is 0 Å². The smallest absolute Gasteiger partial charge is 0.138 e. The van der Waals surface area contributed by atoms with Crippen LogP contribution in [0.5, 0.6) is 0 Å². The average Bonchev–Trinajstić information content (AvgIpc) is 3.56. The highest BCUT2D eigenvalue weighted by atomic mass is 16.3. The van der Waals surface area contributed by atoms with Gasteiger partial charge in [0.15, 0.2) is 0 Å². The second kappa shape index (κ2) is 10.3. The van der Waals surface area contributed by atoms with Gasteiger partial charge >= 0.3 is 0 Å². The van der Waals surface area contributed by atoms with Gasteiger partial charge < -0.3 is 10.2 Å². The van der Waals surface area contributed by atoms with Crippen LogP contribution < -0.4 is 0 Å². The van der Waals surface area contributed by atoms with Gasteiger partial charge in [-0.1, -0.05) is 158 Å². The molecule has 9 rings (SSSR count). The van der Waals surface area contributed by atoms with Crippen LogP contribution in [0.1, 0.15) is 52.1 Å². The highest BCUT2D eigenvalue weighted by Crippen LogP contribution is 2.55. The van der Waals surface area contributed by atoms with E-state index < -0.39 is 11.2 Å². The summed E-state index contributed by atoms with van der Waals surface area (Å²) in [6.45, 7) is 0. The fourth-order valence-electron chi connectivity index (χ4n) is 8.50. The maximum Gasteiger partial charge on any atom is 0.138 e. The molecule has 0 saturated heterocycles. The Labute approximate surface area is 270 Å². The van der Waals surface area contributed by atoms with Gasteiger partial charge in [-0.25, -0.2) is 0 Å². The van der Waals surface area contributed by atoms with Gasteiger partial charge in [0.1, 0.15) is 11.2 Å². The molecule has 4 aliphatic carbocycles. The van der Waals surface area contributed by atoms with Gasteiger partial charge in [-0.05, 0) is 68.5 Å². The third-order valence-corrected chi connectivity index (χ3v) is 10.8. The van der Waals surface area contributed by atoms with Crippen molar-refractivity contribution in [1.82, 2.24) is 0 Å². The molecule has 2 nitrogen and oxygen atoms in total. The summed E-state index contributed by atoms with van der Waals surface area (Å²) in [5, 5.41) is 24.5. The van der Waals surface area contributed by atoms with Crippen LogP contribution in [0.3, 0.4) is 0 Å². The third-order valence-electron chi connectivity index (χ3n) is 10.8. The molecule has 0 saturated carbocycles. The lowest BCUT2D eigenvalue weighted by atomic mass is 9.76. The zero-order chi connectivity index (χ0) is 30.9. The Morgan fingerprint density at radius 3 is 1.74 bits per heavy atom. The summed E-state index contributed by atoms with van der Waals surface area (Å²) in [6.07, 6.45) is 14.5. The van der Waals surface area contributed by atoms with Crippen molar-refractivity contribution in [1.29, 1.82) is 0 Å². The first kappa shape index (κ1) is 27.3. The molecule has 2 heteroatoms. The number of fused-ring (bicyclic) bond motifs is 6. The Morgan fingerprint density at radius 2 is 1.09 bits per heavy atom. The van der Waals surface area contributed by atoms with E-state index in [1.807, 2.05) is 30.3 Å². The van der Waals surface area contributed by atoms with Crippen molar-refractivity contribution in [2.75, 3.05) is 0 Å². The zero-order valence-corrected chi connectivity index (χ0v) is 25.5. The molecule has 5 aromatic rings. The second-order valence-corrected chi connectivity index (χ2v) is 13.0. The molecule has 222 valence electrons. The van der Waals surface area contributed by atoms with Crippen LogP contribution in [0, 0.1) is 5.92 Å². The fourth-order valence-corrected chi connectivity index (χ4v) is 8.50. The first-order valence-electron chi connectivity index (χ1n) is 16.3. The van der Waals surface area contributed by atoms with Gasteiger partial charge in [0.05, 0.1) is 0 Å². The van der Waals surface area contributed by atoms with E-state index in [4.69, 9.17) is 0 Å². The van der Waals surface area contributed by atoms with Gasteiger partial charge in [0.25, 0.3) is 0 Å². The van der Waals surface area contributed by atoms with Gasteiger partial charge in [-0.2, -0.15) is 0 Å². The fraction of sp³-hybridized carbons (Fsp3) is 0.136. The average molecular weight is 595 g/mol. The maximum atomic E-state index is 12.2. The van der Waals surface area contributed by atoms with Gasteiger partial charge in [-0.15, -0.1) is 0 Å². The lowest BCUT2D eigenvalue weighted by Crippen LogP contribution is -2.33. The topological polar surface area (TPSA) is 40.5 Å². The molecule has 0 amide bonds. The van der Waals surface area contributed by atoms with E-state index in [0.717, 1.165) is 62.9 Å². The van der Waals surface area contributed by atoms with Gasteiger partial charge in [-0.3, -0.25) is 0 Å². The van der Waals surface area contributed by atoms with Crippen LogP contribution in [0.25, 0.3) is 27.8 Å². The Morgan fingerprint density at radius 1 is 0.522 bits per heavy atom. The first-order valence-corrected chi connectivity index (χ1v) is 16.3. The molecule has 3 atom stereocenters. The molecule has 46 heavy (non-hydrogen) atoms. The predicted octanol–water partition coefficient (Wildman–Crippen LogP) is 9.45. The van der Waals surface area contributed by atoms with Crippen molar-refractivity contribution in [2.24, 2.45) is 5.92 Å². The van der Waals surface area contributed by atoms with E-state index >= 15 is 0 Å². The monoisotopic (exact) mass is 594 g/mol. The molecular formula is C44H34O2. The number of hydrogen-bond acceptors (Lipinski definition) is 2. The minimum atomic E-state index is -1.09. The van der Waals surface area contributed by atoms with E-state index in [1.54, 1.807) is 0 Å². The van der Waals surface area contributed by atoms with Crippen LogP contribution in [0.15, 0.2) is 163 Å². The van der Waals surface area contributed by atoms with Gasteiger partial charge in [0.2, 0.25) is 0 Å². The molecular weight excluding hydrogens is 560 g/mol. The van der Waals surface area contributed by atoms with Crippen molar-refractivity contribution in [3.63, 3.8) is 0 Å². The van der Waals surface area contributed by atoms with E-state index in [-0.39, 0.29) is 11.8 Å². The summed E-state index contributed by atoms with van der Waals surface area (Å²) in [7, 11) is 0. The van der Waals surface area contributed by atoms with Crippen molar-refractivity contribution in [2.45, 2.75) is 30.0 Å². The summed E-state index contributed by atoms with van der Waals surface area (Å²) in [5.74, 6) is 0.170. The molecule has 0 spiro atoms. The first-order chi connectivity index (χ1) is 22.6. The Bertz CT molecular complexity index is 2080. The van der Waals surface area contributed by atoms with Crippen molar-refractivity contribution >= 4 is 5.57 Å². The summed E-state index contributed by atoms with van der Waals surface area (Å²) in [6, 6.07) is 42.0. The number of benzene rings is 5. The lowest BCUT2D eigenvalue weighted by molar-refractivity contribution is 0.0452. The van der Waals surface area contributed by atoms with Crippen molar-refractivity contribution < 1.29 is 10.2 Å². The summed E-state index contributed by atoms with van der Waals surface area (Å²) >= 11 is 0. The van der Waals surface area contributed by atoms with Crippen molar-refractivity contribution in [3.8, 4) is 22.3 Å². The second-order valence-electron chi connectivity index (χ2n) is 13.0. The Hall–Kier alpha value is -5.02. The third kappa shape index (κ3) is 3.84. The predicted molar refractivity (Wildman–Crippen MR) is 186 cm³/mol. The lowest BCUT2D eigenvalue weighted by Gasteiger charge is -2.32. The van der Waals surface area contributed by atoms with Crippen LogP contribution in [-0.4, -0.2) is 10.2 Å². The normalized spacial score (nSPS) is 23.2. The van der Waals surface area contributed by atoms with E-state index in [1.165, 1.54) is 16.7 Å². The van der Waals surface area contributed by atoms with Crippen molar-refractivity contribution in [3.05, 3.63) is 197 Å². The number of hydrogen-bond donors (Lipinski definition) is 2. The largest absolute Gasteiger partial charge is 0.380 e.